The van der Waals surface area contributed by atoms with Crippen LogP contribution in [0.1, 0.15) is 25.0 Å². The minimum Gasteiger partial charge on any atom is -0.489 e. The van der Waals surface area contributed by atoms with Crippen molar-refractivity contribution < 1.29 is 38.5 Å². The predicted octanol–water partition coefficient (Wildman–Crippen LogP) is 5.66. The van der Waals surface area contributed by atoms with E-state index in [-0.39, 0.29) is 29.5 Å². The van der Waals surface area contributed by atoms with Crippen molar-refractivity contribution in [2.24, 2.45) is 0 Å². The Morgan fingerprint density at radius 3 is 1.73 bits per heavy atom. The van der Waals surface area contributed by atoms with Gasteiger partial charge in [-0.15, -0.1) is 5.23 Å². The van der Waals surface area contributed by atoms with Crippen LogP contribution in [0, 0.1) is 34.1 Å². The van der Waals surface area contributed by atoms with Crippen LogP contribution in [0.3, 0.4) is 0 Å². The maximum absolute atomic E-state index is 11.5. The van der Waals surface area contributed by atoms with Gasteiger partial charge in [0.2, 0.25) is 12.6 Å². The second kappa shape index (κ2) is 14.1. The Hall–Kier alpha value is -4.46. The highest BCUT2D eigenvalue weighted by Crippen LogP contribution is 2.33. The molecular weight excluding hydrogens is 526 g/mol. The van der Waals surface area contributed by atoms with E-state index in [1.165, 1.54) is 38.1 Å². The van der Waals surface area contributed by atoms with E-state index < -0.39 is 22.4 Å². The Bertz CT molecular complexity index is 1250. The number of benzene rings is 3. The van der Waals surface area contributed by atoms with E-state index in [2.05, 4.69) is 0 Å². The second-order valence-corrected chi connectivity index (χ2v) is 8.60. The van der Waals surface area contributed by atoms with E-state index in [9.17, 15) is 20.2 Å². The molecule has 3 aromatic rings. The molecular formula is C27H31N3O10. The summed E-state index contributed by atoms with van der Waals surface area (Å²) in [6.45, 7) is 7.04. The van der Waals surface area contributed by atoms with Gasteiger partial charge in [0.15, 0.2) is 11.5 Å². The number of hydrogen-bond donors (Lipinski definition) is 0. The summed E-state index contributed by atoms with van der Waals surface area (Å²) in [5.74, 6) is 0.348. The van der Waals surface area contributed by atoms with Gasteiger partial charge in [0.25, 0.3) is 0 Å². The Balaban J connectivity index is 1.88. The first kappa shape index (κ1) is 30.1. The summed E-state index contributed by atoms with van der Waals surface area (Å²) in [4.78, 5) is 33.8. The Morgan fingerprint density at radius 2 is 1.25 bits per heavy atom. The van der Waals surface area contributed by atoms with Crippen LogP contribution in [0.5, 0.6) is 17.2 Å². The molecule has 0 amide bonds. The molecule has 0 saturated heterocycles. The smallest absolute Gasteiger partial charge is 0.311 e. The van der Waals surface area contributed by atoms with Gasteiger partial charge in [-0.25, -0.2) is 9.68 Å². The van der Waals surface area contributed by atoms with Gasteiger partial charge in [0.05, 0.1) is 16.5 Å². The van der Waals surface area contributed by atoms with Crippen molar-refractivity contribution in [3.8, 4) is 17.2 Å². The zero-order chi connectivity index (χ0) is 29.2. The zero-order valence-corrected chi connectivity index (χ0v) is 22.8. The molecule has 0 aliphatic rings. The number of aryl methyl sites for hydroxylation is 2. The van der Waals surface area contributed by atoms with Crippen molar-refractivity contribution in [3.05, 3.63) is 92.0 Å². The van der Waals surface area contributed by atoms with E-state index in [1.807, 2.05) is 0 Å². The molecule has 2 atom stereocenters. The molecule has 0 spiro atoms. The molecule has 0 saturated carbocycles. The van der Waals surface area contributed by atoms with Crippen LogP contribution in [0.4, 0.5) is 17.1 Å². The Labute approximate surface area is 230 Å². The maximum Gasteiger partial charge on any atom is 0.311 e. The summed E-state index contributed by atoms with van der Waals surface area (Å²) < 4.78 is 22.3. The second-order valence-electron chi connectivity index (χ2n) is 8.60. The highest BCUT2D eigenvalue weighted by molar-refractivity contribution is 5.55. The molecule has 13 nitrogen and oxygen atoms in total. The molecule has 2 unspecified atom stereocenters. The van der Waals surface area contributed by atoms with Gasteiger partial charge in [-0.05, 0) is 49.2 Å². The maximum atomic E-state index is 11.5. The normalized spacial score (nSPS) is 12.3. The fourth-order valence-corrected chi connectivity index (χ4v) is 3.51. The average Bonchev–Trinajstić information content (AvgIpc) is 2.90. The number of methoxy groups -OCH3 is 1. The van der Waals surface area contributed by atoms with Gasteiger partial charge < -0.3 is 18.9 Å². The minimum absolute atomic E-state index is 0.00717. The van der Waals surface area contributed by atoms with E-state index in [0.717, 1.165) is 5.23 Å². The van der Waals surface area contributed by atoms with Crippen LogP contribution < -0.4 is 19.4 Å². The molecule has 3 aromatic carbocycles. The fourth-order valence-electron chi connectivity index (χ4n) is 3.51. The third-order valence-corrected chi connectivity index (χ3v) is 5.30. The topological polar surface area (TPSA) is 145 Å². The summed E-state index contributed by atoms with van der Waals surface area (Å²) in [7, 11) is 1.54. The molecule has 214 valence electrons. The molecule has 0 N–H and O–H groups in total. The van der Waals surface area contributed by atoms with Gasteiger partial charge in [-0.1, -0.05) is 24.3 Å². The van der Waals surface area contributed by atoms with Crippen molar-refractivity contribution in [1.29, 1.82) is 0 Å². The lowest BCUT2D eigenvalue weighted by Gasteiger charge is -2.29. The van der Waals surface area contributed by atoms with Crippen LogP contribution in [0.25, 0.3) is 0 Å². The number of nitro benzene ring substituents is 2. The van der Waals surface area contributed by atoms with Crippen molar-refractivity contribution >= 4 is 17.1 Å². The van der Waals surface area contributed by atoms with Gasteiger partial charge in [0, 0.05) is 33.1 Å². The molecule has 40 heavy (non-hydrogen) atoms. The van der Waals surface area contributed by atoms with E-state index in [4.69, 9.17) is 28.6 Å². The van der Waals surface area contributed by atoms with Crippen LogP contribution in [-0.2, 0) is 14.4 Å². The van der Waals surface area contributed by atoms with E-state index >= 15 is 0 Å². The summed E-state index contributed by atoms with van der Waals surface area (Å²) >= 11 is 0. The summed E-state index contributed by atoms with van der Waals surface area (Å²) in [6.07, 6.45) is -2.20. The highest BCUT2D eigenvalue weighted by atomic mass is 17.0. The Kier molecular flexibility index (Phi) is 10.6. The molecule has 0 aromatic heterocycles. The number of nitro groups is 2. The van der Waals surface area contributed by atoms with Crippen LogP contribution in [-0.4, -0.2) is 42.8 Å². The van der Waals surface area contributed by atoms with Crippen LogP contribution >= 0.6 is 0 Å². The lowest BCUT2D eigenvalue weighted by molar-refractivity contribution is -0.386. The number of anilines is 1. The first-order chi connectivity index (χ1) is 19.1. The summed E-state index contributed by atoms with van der Waals surface area (Å²) in [5.41, 5.74) is 1.23. The monoisotopic (exact) mass is 557 g/mol. The van der Waals surface area contributed by atoms with Crippen molar-refractivity contribution in [3.63, 3.8) is 0 Å². The average molecular weight is 558 g/mol. The van der Waals surface area contributed by atoms with E-state index in [1.54, 1.807) is 57.4 Å². The van der Waals surface area contributed by atoms with Crippen molar-refractivity contribution in [1.82, 2.24) is 0 Å². The molecule has 0 fully saturated rings. The number of ether oxygens (including phenoxy) is 4. The number of nitrogens with zero attached hydrogens (tertiary/aromatic N) is 3. The molecule has 0 aliphatic carbocycles. The standard InChI is InChI=1S/C27H31N3O10/c1-18-10-12-26(23(16-18)28(31)32)37-20(3)39-30(22-8-6-7-9-25(22)36-15-14-35-5)40-21(4)38-27-13-11-19(2)17-24(27)29(33)34/h6-13,16-17,20-21H,14-15H2,1-5H3. The molecule has 0 radical (unpaired) electrons. The van der Waals surface area contributed by atoms with Crippen LogP contribution in [0.15, 0.2) is 60.7 Å². The lowest BCUT2D eigenvalue weighted by Crippen LogP contribution is -2.36. The first-order valence-corrected chi connectivity index (χ1v) is 12.3. The van der Waals surface area contributed by atoms with Gasteiger partial charge in [-0.2, -0.15) is 0 Å². The third-order valence-electron chi connectivity index (χ3n) is 5.30. The van der Waals surface area contributed by atoms with E-state index in [0.29, 0.717) is 29.2 Å². The van der Waals surface area contributed by atoms with Gasteiger partial charge in [-0.3, -0.25) is 20.2 Å². The fraction of sp³-hybridized carbons (Fsp3) is 0.333. The quantitative estimate of drug-likeness (QED) is 0.0986. The lowest BCUT2D eigenvalue weighted by atomic mass is 10.2. The molecule has 0 bridgehead atoms. The molecule has 0 aliphatic heterocycles. The SMILES string of the molecule is COCCOc1ccccc1N(OC(C)Oc1ccc(C)cc1[N+](=O)[O-])OC(C)Oc1ccc(C)cc1[N+](=O)[O-]. The number of para-hydroxylation sites is 2. The van der Waals surface area contributed by atoms with Gasteiger partial charge in [0.1, 0.15) is 18.0 Å². The highest BCUT2D eigenvalue weighted by Gasteiger charge is 2.25. The summed E-state index contributed by atoms with van der Waals surface area (Å²) in [5, 5.41) is 24.1. The van der Waals surface area contributed by atoms with Crippen LogP contribution in [0.2, 0.25) is 0 Å². The number of hydrogen-bond acceptors (Lipinski definition) is 11. The largest absolute Gasteiger partial charge is 0.489 e. The molecule has 13 heteroatoms. The predicted molar refractivity (Wildman–Crippen MR) is 144 cm³/mol. The molecule has 3 rings (SSSR count). The number of rotatable bonds is 15. The molecule has 0 heterocycles. The van der Waals surface area contributed by atoms with Gasteiger partial charge >= 0.3 is 11.4 Å². The van der Waals surface area contributed by atoms with Crippen molar-refractivity contribution in [2.75, 3.05) is 25.6 Å². The summed E-state index contributed by atoms with van der Waals surface area (Å²) in [6, 6.07) is 15.9. The third kappa shape index (κ3) is 8.27. The first-order valence-electron chi connectivity index (χ1n) is 12.3. The zero-order valence-electron chi connectivity index (χ0n) is 22.8. The Morgan fingerprint density at radius 1 is 0.750 bits per heavy atom. The minimum atomic E-state index is -1.10. The van der Waals surface area contributed by atoms with Crippen molar-refractivity contribution in [2.45, 2.75) is 40.3 Å².